The third kappa shape index (κ3) is 3.71. The molecule has 7 heteroatoms. The topological polar surface area (TPSA) is 68.9 Å². The van der Waals surface area contributed by atoms with Crippen molar-refractivity contribution in [1.82, 2.24) is 19.7 Å². The van der Waals surface area contributed by atoms with Crippen LogP contribution >= 0.6 is 0 Å². The maximum atomic E-state index is 13.8. The van der Waals surface area contributed by atoms with Gasteiger partial charge in [-0.3, -0.25) is 14.6 Å². The number of fused-ring (bicyclic) bond motifs is 4. The predicted molar refractivity (Wildman–Crippen MR) is 137 cm³/mol. The van der Waals surface area contributed by atoms with Gasteiger partial charge in [0.1, 0.15) is 17.3 Å². The van der Waals surface area contributed by atoms with E-state index >= 15 is 0 Å². The first-order chi connectivity index (χ1) is 16.9. The molecule has 0 spiro atoms. The quantitative estimate of drug-likeness (QED) is 0.391. The first-order valence-corrected chi connectivity index (χ1v) is 12.1. The van der Waals surface area contributed by atoms with E-state index in [2.05, 4.69) is 16.5 Å². The Balaban J connectivity index is 1.57. The highest BCUT2D eigenvalue weighted by atomic mass is 16.5. The van der Waals surface area contributed by atoms with Crippen molar-refractivity contribution >= 4 is 22.8 Å². The zero-order valence-corrected chi connectivity index (χ0v) is 20.6. The number of carbonyl (C=O) groups is 2. The number of ether oxygens (including phenoxy) is 1. The summed E-state index contributed by atoms with van der Waals surface area (Å²) >= 11 is 0. The number of benzene rings is 2. The maximum Gasteiger partial charge on any atom is 0.328 e. The lowest BCUT2D eigenvalue weighted by Crippen LogP contribution is -2.53. The van der Waals surface area contributed by atoms with E-state index in [4.69, 9.17) is 4.74 Å². The molecule has 3 heterocycles. The van der Waals surface area contributed by atoms with Crippen molar-refractivity contribution in [3.63, 3.8) is 0 Å². The third-order valence-electron chi connectivity index (χ3n) is 7.35. The van der Waals surface area contributed by atoms with Crippen LogP contribution in [0.25, 0.3) is 10.9 Å². The maximum absolute atomic E-state index is 13.8. The minimum Gasteiger partial charge on any atom is -0.497 e. The summed E-state index contributed by atoms with van der Waals surface area (Å²) in [6, 6.07) is 15.3. The first-order valence-electron chi connectivity index (χ1n) is 12.1. The summed E-state index contributed by atoms with van der Waals surface area (Å²) in [5.41, 5.74) is 3.02. The van der Waals surface area contributed by atoms with E-state index in [1.54, 1.807) is 12.0 Å². The standard InChI is InChI=1S/C28H32N4O3/c1-5-14-30(3)15-9-16-31-26(33)28(2)18-22-21-17-20(35-4)12-13-23(21)29-24(22)25(32(28)27(31)34)19-10-7-6-8-11-19/h5-8,10-13,17,25,29H,1,9,14-16,18H2,2-4H3/t25-,28+/m1/s1. The van der Waals surface area contributed by atoms with Crippen molar-refractivity contribution in [1.29, 1.82) is 0 Å². The molecular weight excluding hydrogens is 440 g/mol. The predicted octanol–water partition coefficient (Wildman–Crippen LogP) is 4.35. The number of aromatic nitrogens is 1. The Morgan fingerprint density at radius 3 is 2.71 bits per heavy atom. The van der Waals surface area contributed by atoms with Gasteiger partial charge in [-0.25, -0.2) is 4.79 Å². The Morgan fingerprint density at radius 2 is 2.00 bits per heavy atom. The van der Waals surface area contributed by atoms with E-state index in [9.17, 15) is 9.59 Å². The summed E-state index contributed by atoms with van der Waals surface area (Å²) < 4.78 is 5.48. The SMILES string of the molecule is C=CCN(C)CCCN1C(=O)N2[C@H](c3ccccc3)c3[nH]c4ccc(OC)cc4c3C[C@@]2(C)C1=O. The summed E-state index contributed by atoms with van der Waals surface area (Å²) in [5.74, 6) is 0.639. The molecule has 1 aromatic heterocycles. The van der Waals surface area contributed by atoms with E-state index in [1.807, 2.05) is 68.6 Å². The van der Waals surface area contributed by atoms with Crippen LogP contribution in [0.1, 0.15) is 36.2 Å². The lowest BCUT2D eigenvalue weighted by Gasteiger charge is -2.42. The van der Waals surface area contributed by atoms with Crippen LogP contribution in [0.15, 0.2) is 61.2 Å². The molecule has 2 atom stereocenters. The zero-order valence-electron chi connectivity index (χ0n) is 20.6. The number of likely N-dealkylation sites (N-methyl/N-ethyl adjacent to an activating group) is 1. The molecule has 0 aliphatic carbocycles. The molecule has 2 aliphatic rings. The molecule has 5 rings (SSSR count). The molecule has 35 heavy (non-hydrogen) atoms. The van der Waals surface area contributed by atoms with Gasteiger partial charge in [0, 0.05) is 36.1 Å². The second kappa shape index (κ2) is 8.89. The number of nitrogens with zero attached hydrogens (tertiary/aromatic N) is 3. The Kier molecular flexibility index (Phi) is 5.89. The van der Waals surface area contributed by atoms with Crippen LogP contribution in [0.4, 0.5) is 4.79 Å². The molecule has 0 unspecified atom stereocenters. The fourth-order valence-corrected chi connectivity index (χ4v) is 5.61. The number of urea groups is 1. The van der Waals surface area contributed by atoms with E-state index in [0.717, 1.165) is 46.6 Å². The van der Waals surface area contributed by atoms with Crippen molar-refractivity contribution in [2.45, 2.75) is 31.3 Å². The normalized spacial score (nSPS) is 21.5. The minimum atomic E-state index is -0.962. The monoisotopic (exact) mass is 472 g/mol. The number of amides is 3. The smallest absolute Gasteiger partial charge is 0.328 e. The van der Waals surface area contributed by atoms with E-state index in [1.165, 1.54) is 4.90 Å². The number of hydrogen-bond donors (Lipinski definition) is 1. The van der Waals surface area contributed by atoms with Gasteiger partial charge in [0.15, 0.2) is 0 Å². The van der Waals surface area contributed by atoms with Crippen LogP contribution in [0.2, 0.25) is 0 Å². The highest BCUT2D eigenvalue weighted by Crippen LogP contribution is 2.48. The number of nitrogens with one attached hydrogen (secondary N) is 1. The van der Waals surface area contributed by atoms with Crippen molar-refractivity contribution < 1.29 is 14.3 Å². The Bertz CT molecular complexity index is 1280. The summed E-state index contributed by atoms with van der Waals surface area (Å²) in [7, 11) is 3.66. The lowest BCUT2D eigenvalue weighted by molar-refractivity contribution is -0.133. The van der Waals surface area contributed by atoms with Crippen LogP contribution < -0.4 is 4.74 Å². The van der Waals surface area contributed by atoms with Gasteiger partial charge in [0.2, 0.25) is 0 Å². The second-order valence-corrected chi connectivity index (χ2v) is 9.71. The molecule has 1 N–H and O–H groups in total. The van der Waals surface area contributed by atoms with Gasteiger partial charge in [-0.2, -0.15) is 0 Å². The Hall–Kier alpha value is -3.58. The van der Waals surface area contributed by atoms with E-state index < -0.39 is 5.54 Å². The molecule has 0 saturated carbocycles. The van der Waals surface area contributed by atoms with E-state index in [-0.39, 0.29) is 18.0 Å². The minimum absolute atomic E-state index is 0.127. The fourth-order valence-electron chi connectivity index (χ4n) is 5.61. The molecule has 1 saturated heterocycles. The van der Waals surface area contributed by atoms with Gasteiger partial charge in [-0.1, -0.05) is 36.4 Å². The molecular formula is C28H32N4O3. The number of hydrogen-bond acceptors (Lipinski definition) is 4. The third-order valence-corrected chi connectivity index (χ3v) is 7.35. The zero-order chi connectivity index (χ0) is 24.7. The molecule has 0 radical (unpaired) electrons. The van der Waals surface area contributed by atoms with Crippen molar-refractivity contribution in [3.05, 3.63) is 78.0 Å². The van der Waals surface area contributed by atoms with Crippen molar-refractivity contribution in [2.75, 3.05) is 33.8 Å². The van der Waals surface area contributed by atoms with Crippen molar-refractivity contribution in [3.8, 4) is 5.75 Å². The van der Waals surface area contributed by atoms with Gasteiger partial charge < -0.3 is 14.6 Å². The number of aromatic amines is 1. The van der Waals surface area contributed by atoms with Crippen molar-refractivity contribution in [2.24, 2.45) is 0 Å². The highest BCUT2D eigenvalue weighted by molar-refractivity contribution is 6.08. The lowest BCUT2D eigenvalue weighted by atomic mass is 9.81. The molecule has 3 aromatic rings. The molecule has 3 amide bonds. The van der Waals surface area contributed by atoms with Crippen LogP contribution in [0.3, 0.4) is 0 Å². The second-order valence-electron chi connectivity index (χ2n) is 9.71. The van der Waals surface area contributed by atoms with Gasteiger partial charge in [-0.05, 0) is 56.3 Å². The largest absolute Gasteiger partial charge is 0.497 e. The molecule has 2 aliphatic heterocycles. The highest BCUT2D eigenvalue weighted by Gasteiger charge is 2.59. The number of methoxy groups -OCH3 is 1. The van der Waals surface area contributed by atoms with Crippen LogP contribution in [-0.2, 0) is 11.2 Å². The van der Waals surface area contributed by atoms with E-state index in [0.29, 0.717) is 19.4 Å². The number of rotatable bonds is 8. The number of carbonyl (C=O) groups excluding carboxylic acids is 2. The molecule has 1 fully saturated rings. The number of H-pyrrole nitrogens is 1. The van der Waals surface area contributed by atoms with Gasteiger partial charge in [0.05, 0.1) is 7.11 Å². The molecule has 2 aromatic carbocycles. The Morgan fingerprint density at radius 1 is 1.23 bits per heavy atom. The van der Waals surface area contributed by atoms with Gasteiger partial charge in [0.25, 0.3) is 5.91 Å². The Labute approximate surface area is 206 Å². The van der Waals surface area contributed by atoms with Gasteiger partial charge >= 0.3 is 6.03 Å². The number of imide groups is 1. The summed E-state index contributed by atoms with van der Waals surface area (Å²) in [4.78, 5) is 36.6. The van der Waals surface area contributed by atoms with Crippen LogP contribution in [-0.4, -0.2) is 71.0 Å². The average molecular weight is 473 g/mol. The average Bonchev–Trinajstić information content (AvgIpc) is 3.30. The fraction of sp³-hybridized carbons (Fsp3) is 0.357. The van der Waals surface area contributed by atoms with Crippen LogP contribution in [0.5, 0.6) is 5.75 Å². The van der Waals surface area contributed by atoms with Crippen LogP contribution in [0, 0.1) is 0 Å². The molecule has 0 bridgehead atoms. The summed E-state index contributed by atoms with van der Waals surface area (Å²) in [5, 5.41) is 1.03. The summed E-state index contributed by atoms with van der Waals surface area (Å²) in [6.45, 7) is 7.64. The van der Waals surface area contributed by atoms with Gasteiger partial charge in [-0.15, -0.1) is 6.58 Å². The molecule has 182 valence electrons. The first kappa shape index (κ1) is 23.2. The molecule has 7 nitrogen and oxygen atoms in total. The summed E-state index contributed by atoms with van der Waals surface area (Å²) in [6.07, 6.45) is 3.02.